The van der Waals surface area contributed by atoms with Gasteiger partial charge in [0.2, 0.25) is 0 Å². The van der Waals surface area contributed by atoms with Gasteiger partial charge in [-0.05, 0) is 79.5 Å². The molecule has 0 amide bonds. The van der Waals surface area contributed by atoms with Crippen molar-refractivity contribution in [2.24, 2.45) is 0 Å². The fourth-order valence-electron chi connectivity index (χ4n) is 8.05. The Labute approximate surface area is 317 Å². The number of rotatable bonds is 5. The molecular formula is C51H31N3O. The topological polar surface area (TPSA) is 51.8 Å². The first-order valence-corrected chi connectivity index (χ1v) is 18.5. The van der Waals surface area contributed by atoms with Crippen molar-refractivity contribution < 1.29 is 4.42 Å². The zero-order valence-electron chi connectivity index (χ0n) is 29.6. The fourth-order valence-corrected chi connectivity index (χ4v) is 8.05. The molecule has 0 atom stereocenters. The third-order valence-corrected chi connectivity index (χ3v) is 10.7. The smallest absolute Gasteiger partial charge is 0.164 e. The summed E-state index contributed by atoms with van der Waals surface area (Å²) in [6.07, 6.45) is 0. The average molecular weight is 702 g/mol. The number of para-hydroxylation sites is 1. The second-order valence-corrected chi connectivity index (χ2v) is 14.0. The Balaban J connectivity index is 1.08. The molecule has 256 valence electrons. The Morgan fingerprint density at radius 2 is 0.727 bits per heavy atom. The van der Waals surface area contributed by atoms with Gasteiger partial charge in [-0.2, -0.15) is 0 Å². The molecule has 0 radical (unpaired) electrons. The Morgan fingerprint density at radius 3 is 1.42 bits per heavy atom. The molecule has 0 bridgehead atoms. The Kier molecular flexibility index (Phi) is 7.14. The highest BCUT2D eigenvalue weighted by Gasteiger charge is 2.18. The van der Waals surface area contributed by atoms with E-state index in [-0.39, 0.29) is 0 Å². The van der Waals surface area contributed by atoms with E-state index in [1.807, 2.05) is 42.5 Å². The number of fused-ring (bicyclic) bond motifs is 10. The van der Waals surface area contributed by atoms with Crippen molar-refractivity contribution in [1.29, 1.82) is 0 Å². The number of nitrogens with zero attached hydrogens (tertiary/aromatic N) is 3. The minimum Gasteiger partial charge on any atom is -0.455 e. The van der Waals surface area contributed by atoms with Crippen LogP contribution in [0.2, 0.25) is 0 Å². The standard InChI is InChI=1S/C51H31N3O/c1-3-13-32(14-4-1)34-17-11-19-37(29-34)50-52-49(33-15-5-2-6-16-33)53-51(54-50)38-20-12-18-35(30-38)36-25-26-43-45(31-36)40-22-8-7-21-39(40)42-27-28-44-41-23-9-10-24-46(41)55-48(44)47(42)43/h1-31H. The van der Waals surface area contributed by atoms with Crippen LogP contribution < -0.4 is 0 Å². The van der Waals surface area contributed by atoms with E-state index in [1.54, 1.807) is 0 Å². The van der Waals surface area contributed by atoms with Gasteiger partial charge >= 0.3 is 0 Å². The van der Waals surface area contributed by atoms with Gasteiger partial charge in [0.1, 0.15) is 11.2 Å². The molecule has 0 spiro atoms. The van der Waals surface area contributed by atoms with Gasteiger partial charge in [0.05, 0.1) is 0 Å². The quantitative estimate of drug-likeness (QED) is 0.168. The summed E-state index contributed by atoms with van der Waals surface area (Å²) in [5.41, 5.74) is 9.08. The third-order valence-electron chi connectivity index (χ3n) is 10.7. The second kappa shape index (κ2) is 12.6. The predicted molar refractivity (Wildman–Crippen MR) is 227 cm³/mol. The van der Waals surface area contributed by atoms with Crippen molar-refractivity contribution in [3.63, 3.8) is 0 Å². The van der Waals surface area contributed by atoms with E-state index in [0.29, 0.717) is 17.5 Å². The van der Waals surface area contributed by atoms with Crippen LogP contribution in [-0.2, 0) is 0 Å². The van der Waals surface area contributed by atoms with Crippen LogP contribution in [0, 0.1) is 0 Å². The van der Waals surface area contributed by atoms with Crippen LogP contribution in [0.4, 0.5) is 0 Å². The molecule has 2 aromatic heterocycles. The molecule has 0 aliphatic heterocycles. The van der Waals surface area contributed by atoms with Crippen LogP contribution >= 0.6 is 0 Å². The first-order chi connectivity index (χ1) is 27.2. The number of benzene rings is 9. The molecule has 0 saturated carbocycles. The lowest BCUT2D eigenvalue weighted by Gasteiger charge is -2.13. The lowest BCUT2D eigenvalue weighted by atomic mass is 9.91. The molecule has 55 heavy (non-hydrogen) atoms. The first-order valence-electron chi connectivity index (χ1n) is 18.5. The normalized spacial score (nSPS) is 11.6. The van der Waals surface area contributed by atoms with Gasteiger partial charge in [0.15, 0.2) is 17.5 Å². The van der Waals surface area contributed by atoms with Gasteiger partial charge in [0.25, 0.3) is 0 Å². The highest BCUT2D eigenvalue weighted by atomic mass is 16.3. The zero-order chi connectivity index (χ0) is 36.3. The summed E-state index contributed by atoms with van der Waals surface area (Å²) < 4.78 is 6.60. The monoisotopic (exact) mass is 701 g/mol. The second-order valence-electron chi connectivity index (χ2n) is 14.0. The lowest BCUT2D eigenvalue weighted by Crippen LogP contribution is -2.00. The van der Waals surface area contributed by atoms with Gasteiger partial charge in [-0.1, -0.05) is 158 Å². The van der Waals surface area contributed by atoms with E-state index in [2.05, 4.69) is 146 Å². The van der Waals surface area contributed by atoms with Gasteiger partial charge < -0.3 is 4.42 Å². The van der Waals surface area contributed by atoms with Crippen molar-refractivity contribution in [2.45, 2.75) is 0 Å². The van der Waals surface area contributed by atoms with Gasteiger partial charge in [-0.3, -0.25) is 0 Å². The van der Waals surface area contributed by atoms with E-state index >= 15 is 0 Å². The summed E-state index contributed by atoms with van der Waals surface area (Å²) in [5.74, 6) is 1.89. The van der Waals surface area contributed by atoms with E-state index < -0.39 is 0 Å². The van der Waals surface area contributed by atoms with Gasteiger partial charge in [0, 0.05) is 32.8 Å². The van der Waals surface area contributed by atoms with Crippen molar-refractivity contribution in [3.8, 4) is 56.4 Å². The van der Waals surface area contributed by atoms with Crippen molar-refractivity contribution in [2.75, 3.05) is 0 Å². The highest BCUT2D eigenvalue weighted by Crippen LogP contribution is 2.43. The summed E-state index contributed by atoms with van der Waals surface area (Å²) in [5, 5.41) is 9.39. The predicted octanol–water partition coefficient (Wildman–Crippen LogP) is 13.6. The SMILES string of the molecule is c1ccc(-c2cccc(-c3nc(-c4ccccc4)nc(-c4cccc(-c5ccc6c(c5)c5ccccc5c5ccc7c8ccccc8oc7c56)c4)n3)c2)cc1. The van der Waals surface area contributed by atoms with E-state index in [0.717, 1.165) is 66.3 Å². The molecule has 0 aliphatic carbocycles. The van der Waals surface area contributed by atoms with Crippen LogP contribution in [-0.4, -0.2) is 15.0 Å². The zero-order valence-corrected chi connectivity index (χ0v) is 29.6. The van der Waals surface area contributed by atoms with Crippen LogP contribution in [0.5, 0.6) is 0 Å². The minimum absolute atomic E-state index is 0.625. The molecule has 0 unspecified atom stereocenters. The van der Waals surface area contributed by atoms with Crippen LogP contribution in [0.3, 0.4) is 0 Å². The summed E-state index contributed by atoms with van der Waals surface area (Å²) in [6, 6.07) is 65.7. The van der Waals surface area contributed by atoms with Crippen molar-refractivity contribution in [3.05, 3.63) is 188 Å². The maximum atomic E-state index is 6.60. The Morgan fingerprint density at radius 1 is 0.273 bits per heavy atom. The fraction of sp³-hybridized carbons (Fsp3) is 0. The average Bonchev–Trinajstić information content (AvgIpc) is 3.66. The number of hydrogen-bond donors (Lipinski definition) is 0. The molecule has 0 aliphatic rings. The molecule has 11 rings (SSSR count). The van der Waals surface area contributed by atoms with Crippen LogP contribution in [0.25, 0.3) is 111 Å². The number of aromatic nitrogens is 3. The highest BCUT2D eigenvalue weighted by molar-refractivity contribution is 6.32. The maximum absolute atomic E-state index is 6.60. The molecule has 0 fully saturated rings. The Hall–Kier alpha value is -7.43. The number of hydrogen-bond acceptors (Lipinski definition) is 4. The molecule has 11 aromatic rings. The molecule has 0 N–H and O–H groups in total. The van der Waals surface area contributed by atoms with Crippen LogP contribution in [0.15, 0.2) is 192 Å². The molecule has 0 saturated heterocycles. The van der Waals surface area contributed by atoms with Gasteiger partial charge in [-0.25, -0.2) is 15.0 Å². The largest absolute Gasteiger partial charge is 0.455 e. The molecule has 9 aromatic carbocycles. The lowest BCUT2D eigenvalue weighted by molar-refractivity contribution is 0.673. The molecule has 4 heteroatoms. The first kappa shape index (κ1) is 31.1. The van der Waals surface area contributed by atoms with Crippen molar-refractivity contribution in [1.82, 2.24) is 15.0 Å². The van der Waals surface area contributed by atoms with Crippen LogP contribution in [0.1, 0.15) is 0 Å². The van der Waals surface area contributed by atoms with E-state index in [9.17, 15) is 0 Å². The Bertz CT molecular complexity index is 3260. The molecule has 4 nitrogen and oxygen atoms in total. The summed E-state index contributed by atoms with van der Waals surface area (Å²) in [6.45, 7) is 0. The number of furan rings is 1. The summed E-state index contributed by atoms with van der Waals surface area (Å²) in [4.78, 5) is 15.2. The van der Waals surface area contributed by atoms with E-state index in [4.69, 9.17) is 19.4 Å². The third kappa shape index (κ3) is 5.26. The minimum atomic E-state index is 0.625. The van der Waals surface area contributed by atoms with Gasteiger partial charge in [-0.15, -0.1) is 0 Å². The molecular weight excluding hydrogens is 671 g/mol. The molecule has 2 heterocycles. The van der Waals surface area contributed by atoms with E-state index in [1.165, 1.54) is 26.9 Å². The summed E-state index contributed by atoms with van der Waals surface area (Å²) in [7, 11) is 0. The van der Waals surface area contributed by atoms with Crippen molar-refractivity contribution >= 4 is 54.3 Å². The maximum Gasteiger partial charge on any atom is 0.164 e. The summed E-state index contributed by atoms with van der Waals surface area (Å²) >= 11 is 0.